The van der Waals surface area contributed by atoms with Gasteiger partial charge in [0, 0.05) is 18.9 Å². The number of anilines is 1. The number of nitrogens with zero attached hydrogens (tertiary/aromatic N) is 2. The molecule has 0 aromatic carbocycles. The molecule has 1 N–H and O–H groups in total. The fourth-order valence-electron chi connectivity index (χ4n) is 2.19. The predicted molar refractivity (Wildman–Crippen MR) is 62.0 cm³/mol. The first-order valence-corrected chi connectivity index (χ1v) is 5.84. The number of aromatic nitrogens is 2. The second-order valence-electron chi connectivity index (χ2n) is 4.36. The van der Waals surface area contributed by atoms with Gasteiger partial charge in [-0.15, -0.1) is 0 Å². The number of rotatable bonds is 3. The van der Waals surface area contributed by atoms with Gasteiger partial charge in [0.1, 0.15) is 0 Å². The van der Waals surface area contributed by atoms with Gasteiger partial charge in [0.25, 0.3) is 0 Å². The van der Waals surface area contributed by atoms with Crippen molar-refractivity contribution in [1.82, 2.24) is 9.97 Å². The highest BCUT2D eigenvalue weighted by atomic mass is 35.5. The zero-order valence-corrected chi connectivity index (χ0v) is 9.67. The van der Waals surface area contributed by atoms with Crippen molar-refractivity contribution in [2.75, 3.05) is 11.9 Å². The first-order chi connectivity index (χ1) is 7.25. The van der Waals surface area contributed by atoms with E-state index in [9.17, 15) is 0 Å². The van der Waals surface area contributed by atoms with Crippen molar-refractivity contribution >= 4 is 17.4 Å². The summed E-state index contributed by atoms with van der Waals surface area (Å²) >= 11 is 5.90. The van der Waals surface area contributed by atoms with E-state index < -0.39 is 0 Å². The standard InChI is InChI=1S/C11H16ClN3/c1-8-2-3-9(6-8)7-15-11-10(12)13-4-5-14-11/h4-5,8-9H,2-3,6-7H2,1H3,(H,14,15). The van der Waals surface area contributed by atoms with Gasteiger partial charge < -0.3 is 5.32 Å². The third kappa shape index (κ3) is 2.81. The summed E-state index contributed by atoms with van der Waals surface area (Å²) in [5.41, 5.74) is 0. The minimum atomic E-state index is 0.462. The molecule has 1 aromatic rings. The average molecular weight is 226 g/mol. The van der Waals surface area contributed by atoms with Crippen LogP contribution in [0.4, 0.5) is 5.82 Å². The molecule has 1 saturated carbocycles. The molecule has 1 fully saturated rings. The van der Waals surface area contributed by atoms with Gasteiger partial charge in [0.05, 0.1) is 0 Å². The van der Waals surface area contributed by atoms with Gasteiger partial charge in [0.15, 0.2) is 11.0 Å². The van der Waals surface area contributed by atoms with E-state index >= 15 is 0 Å². The molecule has 3 nitrogen and oxygen atoms in total. The first kappa shape index (κ1) is 10.7. The van der Waals surface area contributed by atoms with Crippen LogP contribution >= 0.6 is 11.6 Å². The Morgan fingerprint density at radius 1 is 1.40 bits per heavy atom. The Morgan fingerprint density at radius 3 is 2.87 bits per heavy atom. The van der Waals surface area contributed by atoms with Crippen molar-refractivity contribution in [2.45, 2.75) is 26.2 Å². The highest BCUT2D eigenvalue weighted by Gasteiger charge is 2.21. The second-order valence-corrected chi connectivity index (χ2v) is 4.72. The molecule has 1 aromatic heterocycles. The molecule has 82 valence electrons. The molecular formula is C11H16ClN3. The van der Waals surface area contributed by atoms with Gasteiger partial charge in [-0.1, -0.05) is 24.9 Å². The van der Waals surface area contributed by atoms with E-state index in [1.54, 1.807) is 12.4 Å². The Bertz CT molecular complexity index is 329. The molecule has 2 unspecified atom stereocenters. The van der Waals surface area contributed by atoms with Gasteiger partial charge in [-0.25, -0.2) is 9.97 Å². The molecule has 0 radical (unpaired) electrons. The molecule has 15 heavy (non-hydrogen) atoms. The minimum Gasteiger partial charge on any atom is -0.367 e. The zero-order valence-electron chi connectivity index (χ0n) is 8.91. The maximum atomic E-state index is 5.90. The number of nitrogens with one attached hydrogen (secondary N) is 1. The van der Waals surface area contributed by atoms with E-state index in [-0.39, 0.29) is 0 Å². The molecule has 2 rings (SSSR count). The number of halogens is 1. The lowest BCUT2D eigenvalue weighted by Crippen LogP contribution is -2.12. The summed E-state index contributed by atoms with van der Waals surface area (Å²) in [6.07, 6.45) is 7.23. The van der Waals surface area contributed by atoms with Gasteiger partial charge in [-0.2, -0.15) is 0 Å². The predicted octanol–water partition coefficient (Wildman–Crippen LogP) is 2.98. The number of hydrogen-bond acceptors (Lipinski definition) is 3. The van der Waals surface area contributed by atoms with Crippen molar-refractivity contribution in [3.8, 4) is 0 Å². The van der Waals surface area contributed by atoms with Crippen LogP contribution in [0.1, 0.15) is 26.2 Å². The van der Waals surface area contributed by atoms with Crippen LogP contribution < -0.4 is 5.32 Å². The van der Waals surface area contributed by atoms with Crippen molar-refractivity contribution in [3.05, 3.63) is 17.5 Å². The lowest BCUT2D eigenvalue weighted by molar-refractivity contribution is 0.536. The fraction of sp³-hybridized carbons (Fsp3) is 0.636. The molecule has 0 aliphatic heterocycles. The second kappa shape index (κ2) is 4.79. The third-order valence-corrected chi connectivity index (χ3v) is 3.29. The third-order valence-electron chi connectivity index (χ3n) is 3.02. The molecule has 2 atom stereocenters. The highest BCUT2D eigenvalue weighted by molar-refractivity contribution is 6.31. The van der Waals surface area contributed by atoms with Crippen molar-refractivity contribution in [2.24, 2.45) is 11.8 Å². The average Bonchev–Trinajstić information content (AvgIpc) is 2.63. The van der Waals surface area contributed by atoms with Crippen LogP contribution in [0, 0.1) is 11.8 Å². The summed E-state index contributed by atoms with van der Waals surface area (Å²) in [5.74, 6) is 2.34. The van der Waals surface area contributed by atoms with Crippen LogP contribution in [-0.2, 0) is 0 Å². The maximum absolute atomic E-state index is 5.90. The van der Waals surface area contributed by atoms with Gasteiger partial charge in [-0.3, -0.25) is 0 Å². The summed E-state index contributed by atoms with van der Waals surface area (Å²) in [5, 5.41) is 3.73. The molecule has 1 heterocycles. The summed E-state index contributed by atoms with van der Waals surface area (Å²) in [4.78, 5) is 8.13. The van der Waals surface area contributed by atoms with Crippen LogP contribution in [0.25, 0.3) is 0 Å². The summed E-state index contributed by atoms with van der Waals surface area (Å²) < 4.78 is 0. The van der Waals surface area contributed by atoms with E-state index in [1.807, 2.05) is 0 Å². The Balaban J connectivity index is 1.86. The van der Waals surface area contributed by atoms with Gasteiger partial charge in [0.2, 0.25) is 0 Å². The lowest BCUT2D eigenvalue weighted by atomic mass is 10.1. The molecule has 0 saturated heterocycles. The zero-order chi connectivity index (χ0) is 10.7. The first-order valence-electron chi connectivity index (χ1n) is 5.46. The van der Waals surface area contributed by atoms with Crippen LogP contribution in [-0.4, -0.2) is 16.5 Å². The van der Waals surface area contributed by atoms with Gasteiger partial charge in [-0.05, 0) is 24.7 Å². The SMILES string of the molecule is CC1CCC(CNc2nccnc2Cl)C1. The normalized spacial score (nSPS) is 25.5. The Labute approximate surface area is 95.3 Å². The molecule has 1 aliphatic carbocycles. The lowest BCUT2D eigenvalue weighted by Gasteiger charge is -2.11. The largest absolute Gasteiger partial charge is 0.367 e. The molecule has 4 heteroatoms. The monoisotopic (exact) mass is 225 g/mol. The summed E-state index contributed by atoms with van der Waals surface area (Å²) in [6.45, 7) is 3.28. The van der Waals surface area contributed by atoms with Crippen LogP contribution in [0.5, 0.6) is 0 Å². The quantitative estimate of drug-likeness (QED) is 0.860. The Morgan fingerprint density at radius 2 is 2.20 bits per heavy atom. The number of hydrogen-bond donors (Lipinski definition) is 1. The van der Waals surface area contributed by atoms with Crippen LogP contribution in [0.3, 0.4) is 0 Å². The van der Waals surface area contributed by atoms with Crippen molar-refractivity contribution in [3.63, 3.8) is 0 Å². The minimum absolute atomic E-state index is 0.462. The molecule has 0 amide bonds. The van der Waals surface area contributed by atoms with E-state index in [0.717, 1.165) is 18.4 Å². The smallest absolute Gasteiger partial charge is 0.171 e. The molecule has 0 spiro atoms. The Kier molecular flexibility index (Phi) is 3.41. The molecule has 1 aliphatic rings. The van der Waals surface area contributed by atoms with Crippen molar-refractivity contribution < 1.29 is 0 Å². The summed E-state index contributed by atoms with van der Waals surface area (Å²) in [7, 11) is 0. The molecule has 0 bridgehead atoms. The van der Waals surface area contributed by atoms with E-state index in [1.165, 1.54) is 19.3 Å². The van der Waals surface area contributed by atoms with Crippen molar-refractivity contribution in [1.29, 1.82) is 0 Å². The topological polar surface area (TPSA) is 37.8 Å². The van der Waals surface area contributed by atoms with E-state index in [4.69, 9.17) is 11.6 Å². The summed E-state index contributed by atoms with van der Waals surface area (Å²) in [6, 6.07) is 0. The highest BCUT2D eigenvalue weighted by Crippen LogP contribution is 2.30. The van der Waals surface area contributed by atoms with E-state index in [2.05, 4.69) is 22.2 Å². The van der Waals surface area contributed by atoms with Gasteiger partial charge >= 0.3 is 0 Å². The van der Waals surface area contributed by atoms with E-state index in [0.29, 0.717) is 11.0 Å². The van der Waals surface area contributed by atoms with Crippen LogP contribution in [0.15, 0.2) is 12.4 Å². The van der Waals surface area contributed by atoms with Crippen LogP contribution in [0.2, 0.25) is 5.15 Å². The maximum Gasteiger partial charge on any atom is 0.171 e. The molecular weight excluding hydrogens is 210 g/mol. The fourth-order valence-corrected chi connectivity index (χ4v) is 2.36. The Hall–Kier alpha value is -0.830.